The van der Waals surface area contributed by atoms with E-state index in [0.717, 1.165) is 12.0 Å². The molecular weight excluding hydrogens is 352 g/mol. The number of nitrogens with zero attached hydrogens (tertiary/aromatic N) is 4. The highest BCUT2D eigenvalue weighted by Crippen LogP contribution is 2.28. The molecule has 1 aliphatic heterocycles. The summed E-state index contributed by atoms with van der Waals surface area (Å²) in [6.45, 7) is 3.37. The van der Waals surface area contributed by atoms with Crippen molar-refractivity contribution in [1.82, 2.24) is 15.0 Å². The Bertz CT molecular complexity index is 1030. The monoisotopic (exact) mass is 372 g/mol. The molecule has 0 saturated carbocycles. The maximum atomic E-state index is 12.4. The Kier molecular flexibility index (Phi) is 4.90. The summed E-state index contributed by atoms with van der Waals surface area (Å²) in [5.41, 5.74) is 3.80. The zero-order valence-corrected chi connectivity index (χ0v) is 15.6. The summed E-state index contributed by atoms with van der Waals surface area (Å²) in [5, 5.41) is 13.0. The van der Waals surface area contributed by atoms with Gasteiger partial charge in [-0.25, -0.2) is 0 Å². The van der Waals surface area contributed by atoms with Crippen molar-refractivity contribution in [3.63, 3.8) is 0 Å². The third-order valence-electron chi connectivity index (χ3n) is 5.04. The molecule has 28 heavy (non-hydrogen) atoms. The number of nitriles is 1. The first kappa shape index (κ1) is 17.9. The number of carbonyl (C=O) groups excluding carboxylic acids is 1. The molecule has 1 amide bonds. The Hall–Kier alpha value is -3.46. The fraction of sp³-hybridized carbons (Fsp3) is 0.273. The SMILES string of the molecule is Cc1cccc(CCN2CC(c3noc(-c4ccc(C#N)cc4)n3)CC2=O)c1. The van der Waals surface area contributed by atoms with Crippen LogP contribution in [0.5, 0.6) is 0 Å². The molecule has 1 saturated heterocycles. The normalized spacial score (nSPS) is 16.4. The van der Waals surface area contributed by atoms with Gasteiger partial charge in [0.1, 0.15) is 0 Å². The maximum absolute atomic E-state index is 12.4. The number of rotatable bonds is 5. The van der Waals surface area contributed by atoms with Crippen LogP contribution >= 0.6 is 0 Å². The van der Waals surface area contributed by atoms with Crippen LogP contribution in [0.1, 0.15) is 34.9 Å². The first-order valence-electron chi connectivity index (χ1n) is 9.30. The third-order valence-corrected chi connectivity index (χ3v) is 5.04. The van der Waals surface area contributed by atoms with Crippen LogP contribution in [-0.4, -0.2) is 34.0 Å². The van der Waals surface area contributed by atoms with Gasteiger partial charge in [-0.3, -0.25) is 4.79 Å². The molecule has 1 unspecified atom stereocenters. The smallest absolute Gasteiger partial charge is 0.257 e. The summed E-state index contributed by atoms with van der Waals surface area (Å²) in [6.07, 6.45) is 1.24. The Labute approximate surface area is 163 Å². The second kappa shape index (κ2) is 7.65. The molecule has 0 radical (unpaired) electrons. The number of hydrogen-bond donors (Lipinski definition) is 0. The number of aryl methyl sites for hydroxylation is 1. The number of benzene rings is 2. The van der Waals surface area contributed by atoms with Gasteiger partial charge in [0.15, 0.2) is 5.82 Å². The van der Waals surface area contributed by atoms with Crippen LogP contribution in [-0.2, 0) is 11.2 Å². The Morgan fingerprint density at radius 3 is 2.82 bits per heavy atom. The summed E-state index contributed by atoms with van der Waals surface area (Å²) in [6, 6.07) is 17.4. The summed E-state index contributed by atoms with van der Waals surface area (Å²) in [4.78, 5) is 18.8. The van der Waals surface area contributed by atoms with Gasteiger partial charge in [0.2, 0.25) is 5.91 Å². The predicted molar refractivity (Wildman–Crippen MR) is 103 cm³/mol. The summed E-state index contributed by atoms with van der Waals surface area (Å²) < 4.78 is 5.38. The molecule has 3 aromatic rings. The van der Waals surface area contributed by atoms with Crippen molar-refractivity contribution in [3.8, 4) is 17.5 Å². The highest BCUT2D eigenvalue weighted by molar-refractivity contribution is 5.79. The number of amides is 1. The second-order valence-electron chi connectivity index (χ2n) is 7.13. The van der Waals surface area contributed by atoms with Gasteiger partial charge in [-0.1, -0.05) is 35.0 Å². The standard InChI is InChI=1S/C22H20N4O2/c1-15-3-2-4-16(11-15)9-10-26-14-19(12-20(26)27)21-24-22(28-25-21)18-7-5-17(13-23)6-8-18/h2-8,11,19H,9-10,12,14H2,1H3. The first-order valence-corrected chi connectivity index (χ1v) is 9.30. The predicted octanol–water partition coefficient (Wildman–Crippen LogP) is 3.48. The largest absolute Gasteiger partial charge is 0.342 e. The van der Waals surface area contributed by atoms with Gasteiger partial charge in [-0.2, -0.15) is 10.2 Å². The van der Waals surface area contributed by atoms with E-state index >= 15 is 0 Å². The number of aromatic nitrogens is 2. The van der Waals surface area contributed by atoms with Gasteiger partial charge in [-0.05, 0) is 43.2 Å². The van der Waals surface area contributed by atoms with E-state index in [1.165, 1.54) is 11.1 Å². The lowest BCUT2D eigenvalue weighted by atomic mass is 10.1. The molecule has 1 fully saturated rings. The molecule has 0 N–H and O–H groups in total. The molecule has 0 spiro atoms. The van der Waals surface area contributed by atoms with Crippen LogP contribution in [0.4, 0.5) is 0 Å². The van der Waals surface area contributed by atoms with Crippen LogP contribution in [0.15, 0.2) is 53.1 Å². The van der Waals surface area contributed by atoms with E-state index in [0.29, 0.717) is 36.8 Å². The minimum atomic E-state index is -0.0547. The Morgan fingerprint density at radius 1 is 1.25 bits per heavy atom. The molecular formula is C22H20N4O2. The third kappa shape index (κ3) is 3.79. The molecule has 0 bridgehead atoms. The van der Waals surface area contributed by atoms with E-state index < -0.39 is 0 Å². The summed E-state index contributed by atoms with van der Waals surface area (Å²) >= 11 is 0. The molecule has 2 heterocycles. The van der Waals surface area contributed by atoms with E-state index in [1.54, 1.807) is 24.3 Å². The lowest BCUT2D eigenvalue weighted by Crippen LogP contribution is -2.27. The van der Waals surface area contributed by atoms with Crippen molar-refractivity contribution in [2.75, 3.05) is 13.1 Å². The van der Waals surface area contributed by atoms with E-state index in [9.17, 15) is 4.79 Å². The average molecular weight is 372 g/mol. The second-order valence-corrected chi connectivity index (χ2v) is 7.13. The molecule has 6 nitrogen and oxygen atoms in total. The lowest BCUT2D eigenvalue weighted by Gasteiger charge is -2.16. The number of hydrogen-bond acceptors (Lipinski definition) is 5. The van der Waals surface area contributed by atoms with Crippen molar-refractivity contribution >= 4 is 5.91 Å². The minimum Gasteiger partial charge on any atom is -0.342 e. The van der Waals surface area contributed by atoms with E-state index in [-0.39, 0.29) is 11.8 Å². The van der Waals surface area contributed by atoms with E-state index in [4.69, 9.17) is 9.78 Å². The Balaban J connectivity index is 1.41. The molecule has 2 aromatic carbocycles. The highest BCUT2D eigenvalue weighted by atomic mass is 16.5. The molecule has 140 valence electrons. The van der Waals surface area contributed by atoms with E-state index in [2.05, 4.69) is 41.3 Å². The number of carbonyl (C=O) groups is 1. The molecule has 1 aromatic heterocycles. The number of likely N-dealkylation sites (tertiary alicyclic amines) is 1. The topological polar surface area (TPSA) is 83.0 Å². The summed E-state index contributed by atoms with van der Waals surface area (Å²) in [5.74, 6) is 1.04. The van der Waals surface area contributed by atoms with Crippen LogP contribution < -0.4 is 0 Å². The van der Waals surface area contributed by atoms with Crippen LogP contribution in [0.3, 0.4) is 0 Å². The zero-order valence-electron chi connectivity index (χ0n) is 15.6. The van der Waals surface area contributed by atoms with E-state index in [1.807, 2.05) is 11.0 Å². The van der Waals surface area contributed by atoms with Gasteiger partial charge >= 0.3 is 0 Å². The fourth-order valence-electron chi connectivity index (χ4n) is 3.50. The van der Waals surface area contributed by atoms with Crippen LogP contribution in [0.2, 0.25) is 0 Å². The van der Waals surface area contributed by atoms with Crippen LogP contribution in [0.25, 0.3) is 11.5 Å². The van der Waals surface area contributed by atoms with Crippen molar-refractivity contribution in [1.29, 1.82) is 5.26 Å². The highest BCUT2D eigenvalue weighted by Gasteiger charge is 2.33. The quantitative estimate of drug-likeness (QED) is 0.685. The molecule has 1 atom stereocenters. The van der Waals surface area contributed by atoms with Gasteiger partial charge < -0.3 is 9.42 Å². The maximum Gasteiger partial charge on any atom is 0.257 e. The first-order chi connectivity index (χ1) is 13.6. The van der Waals surface area contributed by atoms with Gasteiger partial charge in [-0.15, -0.1) is 0 Å². The fourth-order valence-corrected chi connectivity index (χ4v) is 3.50. The van der Waals surface area contributed by atoms with Gasteiger partial charge in [0.05, 0.1) is 11.6 Å². The average Bonchev–Trinajstić information content (AvgIpc) is 3.33. The van der Waals surface area contributed by atoms with Crippen molar-refractivity contribution in [3.05, 3.63) is 71.0 Å². The van der Waals surface area contributed by atoms with Gasteiger partial charge in [0.25, 0.3) is 5.89 Å². The lowest BCUT2D eigenvalue weighted by molar-refractivity contribution is -0.127. The van der Waals surface area contributed by atoms with Crippen molar-refractivity contribution in [2.24, 2.45) is 0 Å². The Morgan fingerprint density at radius 2 is 2.07 bits per heavy atom. The van der Waals surface area contributed by atoms with Crippen LogP contribution in [0, 0.1) is 18.3 Å². The molecule has 1 aliphatic rings. The summed E-state index contributed by atoms with van der Waals surface area (Å²) in [7, 11) is 0. The van der Waals surface area contributed by atoms with Gasteiger partial charge in [0, 0.05) is 31.0 Å². The molecule has 6 heteroatoms. The molecule has 4 rings (SSSR count). The van der Waals surface area contributed by atoms with Crippen molar-refractivity contribution in [2.45, 2.75) is 25.7 Å². The zero-order chi connectivity index (χ0) is 19.5. The van der Waals surface area contributed by atoms with Crippen molar-refractivity contribution < 1.29 is 9.32 Å². The molecule has 0 aliphatic carbocycles. The minimum absolute atomic E-state index is 0.0547.